The maximum Gasteiger partial charge on any atom is 0.494 e. The van der Waals surface area contributed by atoms with Gasteiger partial charge in [-0.1, -0.05) is 0 Å². The molecule has 1 heterocycles. The highest BCUT2D eigenvalue weighted by Gasteiger charge is 2.51. The van der Waals surface area contributed by atoms with Gasteiger partial charge in [-0.2, -0.15) is 5.26 Å². The molecule has 0 N–H and O–H groups in total. The zero-order chi connectivity index (χ0) is 16.5. The Labute approximate surface area is 131 Å². The highest BCUT2D eigenvalue weighted by molar-refractivity contribution is 6.62. The maximum atomic E-state index is 11.9. The summed E-state index contributed by atoms with van der Waals surface area (Å²) < 4.78 is 16.9. The molecule has 5 nitrogen and oxygen atoms in total. The van der Waals surface area contributed by atoms with Crippen molar-refractivity contribution in [3.05, 3.63) is 29.3 Å². The van der Waals surface area contributed by atoms with E-state index in [2.05, 4.69) is 6.07 Å². The number of ether oxygens (including phenoxy) is 1. The second-order valence-corrected chi connectivity index (χ2v) is 6.26. The highest BCUT2D eigenvalue weighted by Crippen LogP contribution is 2.36. The Morgan fingerprint density at radius 2 is 1.82 bits per heavy atom. The molecule has 0 radical (unpaired) electrons. The first kappa shape index (κ1) is 16.5. The third-order valence-electron chi connectivity index (χ3n) is 4.12. The van der Waals surface area contributed by atoms with E-state index in [4.69, 9.17) is 19.3 Å². The van der Waals surface area contributed by atoms with Gasteiger partial charge >= 0.3 is 13.1 Å². The number of carbonyl (C=O) groups is 1. The van der Waals surface area contributed by atoms with Gasteiger partial charge in [0.15, 0.2) is 0 Å². The fraction of sp³-hybridized carbons (Fsp3) is 0.500. The predicted octanol–water partition coefficient (Wildman–Crippen LogP) is 2.03. The smallest absolute Gasteiger partial charge is 0.462 e. The summed E-state index contributed by atoms with van der Waals surface area (Å²) in [6, 6.07) is 6.88. The number of rotatable bonds is 3. The normalized spacial score (nSPS) is 18.8. The Bertz CT molecular complexity index is 618. The summed E-state index contributed by atoms with van der Waals surface area (Å²) in [4.78, 5) is 11.9. The van der Waals surface area contributed by atoms with Gasteiger partial charge in [-0.25, -0.2) is 4.79 Å². The van der Waals surface area contributed by atoms with Crippen LogP contribution >= 0.6 is 0 Å². The van der Waals surface area contributed by atoms with Crippen molar-refractivity contribution in [2.24, 2.45) is 0 Å². The summed E-state index contributed by atoms with van der Waals surface area (Å²) in [5, 5.41) is 9.16. The van der Waals surface area contributed by atoms with Gasteiger partial charge in [-0.15, -0.1) is 0 Å². The second-order valence-electron chi connectivity index (χ2n) is 6.26. The number of nitrogens with zero attached hydrogens (tertiary/aromatic N) is 1. The van der Waals surface area contributed by atoms with Crippen LogP contribution in [0, 0.1) is 11.3 Å². The van der Waals surface area contributed by atoms with Crippen LogP contribution in [0.2, 0.25) is 0 Å². The van der Waals surface area contributed by atoms with E-state index in [1.165, 1.54) is 6.07 Å². The van der Waals surface area contributed by atoms with Crippen LogP contribution < -0.4 is 5.46 Å². The van der Waals surface area contributed by atoms with Gasteiger partial charge < -0.3 is 14.0 Å². The monoisotopic (exact) mass is 301 g/mol. The lowest BCUT2D eigenvalue weighted by atomic mass is 9.77. The predicted molar refractivity (Wildman–Crippen MR) is 82.8 cm³/mol. The number of benzene rings is 1. The van der Waals surface area contributed by atoms with Crippen molar-refractivity contribution in [2.45, 2.75) is 45.8 Å². The first-order valence-corrected chi connectivity index (χ1v) is 7.28. The quantitative estimate of drug-likeness (QED) is 0.631. The van der Waals surface area contributed by atoms with Crippen LogP contribution in [0.5, 0.6) is 0 Å². The Kier molecular flexibility index (Phi) is 4.32. The van der Waals surface area contributed by atoms with Crippen LogP contribution in [-0.2, 0) is 14.0 Å². The standard InChI is InChI=1S/C16H20BNO4/c1-6-20-14(19)12-7-11(10-18)8-13(9-12)17-21-15(2,3)16(4,5)22-17/h7-9H,6H2,1-5H3. The van der Waals surface area contributed by atoms with Crippen molar-refractivity contribution >= 4 is 18.6 Å². The minimum atomic E-state index is -0.619. The van der Waals surface area contributed by atoms with Crippen LogP contribution in [0.3, 0.4) is 0 Å². The van der Waals surface area contributed by atoms with Crippen molar-refractivity contribution in [3.63, 3.8) is 0 Å². The fourth-order valence-corrected chi connectivity index (χ4v) is 2.16. The van der Waals surface area contributed by atoms with Crippen molar-refractivity contribution in [1.82, 2.24) is 0 Å². The van der Waals surface area contributed by atoms with E-state index in [9.17, 15) is 4.79 Å². The van der Waals surface area contributed by atoms with Crippen molar-refractivity contribution in [2.75, 3.05) is 6.61 Å². The van der Waals surface area contributed by atoms with Gasteiger partial charge in [0.2, 0.25) is 0 Å². The molecule has 0 bridgehead atoms. The molecule has 22 heavy (non-hydrogen) atoms. The van der Waals surface area contributed by atoms with E-state index in [-0.39, 0.29) is 6.61 Å². The van der Waals surface area contributed by atoms with Gasteiger partial charge in [0.25, 0.3) is 0 Å². The van der Waals surface area contributed by atoms with Crippen LogP contribution in [0.25, 0.3) is 0 Å². The first-order valence-electron chi connectivity index (χ1n) is 7.28. The van der Waals surface area contributed by atoms with E-state index >= 15 is 0 Å². The molecule has 1 aliphatic heterocycles. The molecular formula is C16H20BNO4. The molecule has 0 amide bonds. The third-order valence-corrected chi connectivity index (χ3v) is 4.12. The Morgan fingerprint density at radius 3 is 2.32 bits per heavy atom. The second kappa shape index (κ2) is 5.75. The van der Waals surface area contributed by atoms with Crippen LogP contribution in [0.1, 0.15) is 50.5 Å². The molecule has 1 saturated heterocycles. The minimum absolute atomic E-state index is 0.279. The van der Waals surface area contributed by atoms with E-state index < -0.39 is 24.3 Å². The van der Waals surface area contributed by atoms with Crippen molar-refractivity contribution in [1.29, 1.82) is 5.26 Å². The molecule has 116 valence electrons. The number of hydrogen-bond donors (Lipinski definition) is 0. The molecule has 0 aromatic heterocycles. The fourth-order valence-electron chi connectivity index (χ4n) is 2.16. The summed E-state index contributed by atoms with van der Waals surface area (Å²) in [6.45, 7) is 9.82. The maximum absolute atomic E-state index is 11.9. The molecule has 1 fully saturated rings. The SMILES string of the molecule is CCOC(=O)c1cc(C#N)cc(B2OC(C)(C)C(C)(C)O2)c1. The lowest BCUT2D eigenvalue weighted by Crippen LogP contribution is -2.41. The van der Waals surface area contributed by atoms with Gasteiger partial charge in [0, 0.05) is 0 Å². The summed E-state index contributed by atoms with van der Waals surface area (Å²) >= 11 is 0. The molecule has 1 aromatic rings. The average Bonchev–Trinajstić information content (AvgIpc) is 2.67. The van der Waals surface area contributed by atoms with E-state index in [0.29, 0.717) is 16.6 Å². The molecule has 2 rings (SSSR count). The van der Waals surface area contributed by atoms with Gasteiger partial charge in [-0.3, -0.25) is 0 Å². The Morgan fingerprint density at radius 1 is 1.23 bits per heavy atom. The van der Waals surface area contributed by atoms with Gasteiger partial charge in [0.1, 0.15) is 0 Å². The number of esters is 1. The number of carbonyl (C=O) groups excluding carboxylic acids is 1. The zero-order valence-corrected chi connectivity index (χ0v) is 13.6. The molecule has 0 saturated carbocycles. The van der Waals surface area contributed by atoms with Crippen LogP contribution in [0.4, 0.5) is 0 Å². The lowest BCUT2D eigenvalue weighted by molar-refractivity contribution is 0.00578. The van der Waals surface area contributed by atoms with Crippen molar-refractivity contribution < 1.29 is 18.8 Å². The minimum Gasteiger partial charge on any atom is -0.462 e. The molecule has 0 unspecified atom stereocenters. The molecule has 0 atom stereocenters. The van der Waals surface area contributed by atoms with E-state index in [1.54, 1.807) is 19.1 Å². The summed E-state index contributed by atoms with van der Waals surface area (Å²) in [5.41, 5.74) is 0.371. The summed E-state index contributed by atoms with van der Waals surface area (Å²) in [5.74, 6) is -0.461. The number of hydrogen-bond acceptors (Lipinski definition) is 5. The van der Waals surface area contributed by atoms with Gasteiger partial charge in [-0.05, 0) is 58.3 Å². The highest BCUT2D eigenvalue weighted by atomic mass is 16.7. The molecule has 1 aliphatic rings. The molecular weight excluding hydrogens is 281 g/mol. The Balaban J connectivity index is 2.38. The summed E-state index contributed by atoms with van der Waals surface area (Å²) in [6.07, 6.45) is 0. The molecule has 1 aromatic carbocycles. The Hall–Kier alpha value is -1.84. The first-order chi connectivity index (χ1) is 10.2. The van der Waals surface area contributed by atoms with Crippen molar-refractivity contribution in [3.8, 4) is 6.07 Å². The average molecular weight is 301 g/mol. The zero-order valence-electron chi connectivity index (χ0n) is 13.6. The molecule has 0 aliphatic carbocycles. The van der Waals surface area contributed by atoms with E-state index in [0.717, 1.165) is 0 Å². The molecule has 0 spiro atoms. The topological polar surface area (TPSA) is 68.6 Å². The third kappa shape index (κ3) is 3.01. The number of nitriles is 1. The van der Waals surface area contributed by atoms with Crippen LogP contribution in [-0.4, -0.2) is 30.9 Å². The van der Waals surface area contributed by atoms with Crippen LogP contribution in [0.15, 0.2) is 18.2 Å². The summed E-state index contributed by atoms with van der Waals surface area (Å²) in [7, 11) is -0.619. The van der Waals surface area contributed by atoms with Gasteiger partial charge in [0.05, 0.1) is 35.0 Å². The van der Waals surface area contributed by atoms with E-state index in [1.807, 2.05) is 27.7 Å². The molecule has 6 heteroatoms. The largest absolute Gasteiger partial charge is 0.494 e. The lowest BCUT2D eigenvalue weighted by Gasteiger charge is -2.32.